The monoisotopic (exact) mass is 251 g/mol. The first-order chi connectivity index (χ1) is 7.21. The second-order valence-electron chi connectivity index (χ2n) is 4.48. The van der Waals surface area contributed by atoms with Gasteiger partial charge in [0.25, 0.3) is 15.9 Å². The Balaban J connectivity index is 3.23. The van der Waals surface area contributed by atoms with Gasteiger partial charge in [0.15, 0.2) is 4.75 Å². The van der Waals surface area contributed by atoms with E-state index in [0.717, 1.165) is 0 Å². The zero-order valence-corrected chi connectivity index (χ0v) is 10.4. The summed E-state index contributed by atoms with van der Waals surface area (Å²) in [6.07, 6.45) is 0.168. The van der Waals surface area contributed by atoms with Crippen LogP contribution >= 0.6 is 0 Å². The van der Waals surface area contributed by atoms with Crippen LogP contribution in [-0.2, 0) is 14.8 Å². The summed E-state index contributed by atoms with van der Waals surface area (Å²) in [5.74, 6) is -0.586. The predicted octanol–water partition coefficient (Wildman–Crippen LogP) is -0.930. The summed E-state index contributed by atoms with van der Waals surface area (Å²) in [4.78, 5) is 11.7. The molecule has 0 saturated carbocycles. The molecule has 0 aromatic rings. The Morgan fingerprint density at radius 3 is 2.00 bits per heavy atom. The Bertz CT molecular complexity index is 388. The van der Waals surface area contributed by atoms with E-state index in [1.807, 2.05) is 0 Å². The molecule has 0 spiro atoms. The van der Waals surface area contributed by atoms with E-state index < -0.39 is 39.4 Å². The number of nitrogens with zero attached hydrogens (tertiary/aromatic N) is 1. The smallest absolute Gasteiger partial charge is 0.259 e. The average molecular weight is 251 g/mol. The van der Waals surface area contributed by atoms with E-state index >= 15 is 0 Å². The van der Waals surface area contributed by atoms with Crippen LogP contribution in [0.5, 0.6) is 0 Å². The molecule has 0 aromatic heterocycles. The molecule has 7 heteroatoms. The van der Waals surface area contributed by atoms with Crippen LogP contribution in [0.4, 0.5) is 0 Å². The number of carbonyl (C=O) groups excluding carboxylic acids is 1. The van der Waals surface area contributed by atoms with Crippen molar-refractivity contribution in [3.8, 4) is 0 Å². The van der Waals surface area contributed by atoms with E-state index in [0.29, 0.717) is 4.31 Å². The van der Waals surface area contributed by atoms with Gasteiger partial charge < -0.3 is 10.2 Å². The number of aliphatic hydroxyl groups is 2. The van der Waals surface area contributed by atoms with Crippen molar-refractivity contribution in [1.82, 2.24) is 4.31 Å². The van der Waals surface area contributed by atoms with Gasteiger partial charge in [0, 0.05) is 0 Å². The lowest BCUT2D eigenvalue weighted by Crippen LogP contribution is -2.75. The molecule has 1 heterocycles. The fourth-order valence-corrected chi connectivity index (χ4v) is 3.51. The van der Waals surface area contributed by atoms with Gasteiger partial charge in [0.05, 0.1) is 13.2 Å². The molecule has 0 aromatic carbocycles. The van der Waals surface area contributed by atoms with Crippen molar-refractivity contribution >= 4 is 15.9 Å². The summed E-state index contributed by atoms with van der Waals surface area (Å²) in [5.41, 5.74) is -1.41. The molecule has 0 atom stereocenters. The molecular weight excluding hydrogens is 234 g/mol. The average Bonchev–Trinajstić information content (AvgIpc) is 2.24. The summed E-state index contributed by atoms with van der Waals surface area (Å²) < 4.78 is 22.9. The molecule has 0 radical (unpaired) electrons. The molecular formula is C9H17NO5S. The quantitative estimate of drug-likeness (QED) is 0.673. The van der Waals surface area contributed by atoms with Gasteiger partial charge in [0.2, 0.25) is 0 Å². The number of rotatable bonds is 4. The van der Waals surface area contributed by atoms with Crippen molar-refractivity contribution in [3.05, 3.63) is 0 Å². The number of carbonyl (C=O) groups is 1. The van der Waals surface area contributed by atoms with Crippen LogP contribution in [-0.4, -0.2) is 52.3 Å². The first-order valence-corrected chi connectivity index (χ1v) is 6.46. The van der Waals surface area contributed by atoms with Crippen molar-refractivity contribution in [2.45, 2.75) is 37.5 Å². The minimum absolute atomic E-state index is 0.168. The first-order valence-electron chi connectivity index (χ1n) is 5.02. The fraction of sp³-hybridized carbons (Fsp3) is 0.889. The lowest BCUT2D eigenvalue weighted by molar-refractivity contribution is -0.140. The maximum absolute atomic E-state index is 11.9. The lowest BCUT2D eigenvalue weighted by Gasteiger charge is -2.52. The Morgan fingerprint density at radius 1 is 1.31 bits per heavy atom. The lowest BCUT2D eigenvalue weighted by atomic mass is 9.96. The topological polar surface area (TPSA) is 94.9 Å². The van der Waals surface area contributed by atoms with Crippen LogP contribution in [0.15, 0.2) is 0 Å². The number of hydrogen-bond donors (Lipinski definition) is 2. The predicted molar refractivity (Wildman–Crippen MR) is 57.0 cm³/mol. The highest BCUT2D eigenvalue weighted by atomic mass is 32.2. The second kappa shape index (κ2) is 3.68. The van der Waals surface area contributed by atoms with Crippen LogP contribution in [0.1, 0.15) is 27.2 Å². The van der Waals surface area contributed by atoms with E-state index in [-0.39, 0.29) is 6.42 Å². The van der Waals surface area contributed by atoms with E-state index in [9.17, 15) is 23.4 Å². The second-order valence-corrected chi connectivity index (χ2v) is 6.81. The molecule has 94 valence electrons. The van der Waals surface area contributed by atoms with Crippen molar-refractivity contribution in [2.75, 3.05) is 13.2 Å². The zero-order chi connectivity index (χ0) is 12.8. The Hall–Kier alpha value is -0.660. The van der Waals surface area contributed by atoms with Gasteiger partial charge in [-0.25, -0.2) is 12.7 Å². The largest absolute Gasteiger partial charge is 0.394 e. The number of aliphatic hydroxyl groups excluding tert-OH is 2. The van der Waals surface area contributed by atoms with Crippen molar-refractivity contribution in [3.63, 3.8) is 0 Å². The molecule has 1 rings (SSSR count). The molecule has 0 bridgehead atoms. The van der Waals surface area contributed by atoms with Gasteiger partial charge in [-0.1, -0.05) is 6.92 Å². The number of amides is 1. The highest BCUT2D eigenvalue weighted by Crippen LogP contribution is 2.41. The molecule has 1 amide bonds. The van der Waals surface area contributed by atoms with Crippen LogP contribution in [0.3, 0.4) is 0 Å². The minimum Gasteiger partial charge on any atom is -0.394 e. The SMILES string of the molecule is CCC(CO)(CO)N1C(=O)C(C)(C)S1(=O)=O. The maximum atomic E-state index is 11.9. The van der Waals surface area contributed by atoms with Crippen molar-refractivity contribution in [1.29, 1.82) is 0 Å². The van der Waals surface area contributed by atoms with E-state index in [1.165, 1.54) is 13.8 Å². The zero-order valence-electron chi connectivity index (χ0n) is 9.60. The Labute approximate surface area is 94.9 Å². The summed E-state index contributed by atoms with van der Waals surface area (Å²) in [5, 5.41) is 18.4. The Kier molecular flexibility index (Phi) is 3.08. The van der Waals surface area contributed by atoms with E-state index in [4.69, 9.17) is 0 Å². The third-order valence-corrected chi connectivity index (χ3v) is 5.76. The van der Waals surface area contributed by atoms with Gasteiger partial charge in [-0.3, -0.25) is 4.79 Å². The molecule has 1 fully saturated rings. The van der Waals surface area contributed by atoms with Crippen LogP contribution in [0, 0.1) is 0 Å². The van der Waals surface area contributed by atoms with Crippen molar-refractivity contribution in [2.24, 2.45) is 0 Å². The van der Waals surface area contributed by atoms with Crippen LogP contribution in [0.25, 0.3) is 0 Å². The van der Waals surface area contributed by atoms with Gasteiger partial charge in [-0.05, 0) is 20.3 Å². The summed E-state index contributed by atoms with van der Waals surface area (Å²) >= 11 is 0. The third kappa shape index (κ3) is 1.31. The molecule has 6 nitrogen and oxygen atoms in total. The molecule has 16 heavy (non-hydrogen) atoms. The first kappa shape index (κ1) is 13.4. The van der Waals surface area contributed by atoms with Gasteiger partial charge in [-0.2, -0.15) is 0 Å². The summed E-state index contributed by atoms with van der Waals surface area (Å²) in [6.45, 7) is 3.08. The molecule has 1 saturated heterocycles. The van der Waals surface area contributed by atoms with Crippen LogP contribution in [0.2, 0.25) is 0 Å². The molecule has 1 aliphatic rings. The number of sulfonamides is 1. The van der Waals surface area contributed by atoms with Crippen LogP contribution < -0.4 is 0 Å². The molecule has 2 N–H and O–H groups in total. The Morgan fingerprint density at radius 2 is 1.75 bits per heavy atom. The standard InChI is InChI=1S/C9H17NO5S/c1-4-9(5-11,6-12)10-7(13)8(2,3)16(10,14)15/h11-12H,4-6H2,1-3H3. The van der Waals surface area contributed by atoms with Crippen molar-refractivity contribution < 1.29 is 23.4 Å². The summed E-state index contributed by atoms with van der Waals surface area (Å²) in [7, 11) is -3.78. The van der Waals surface area contributed by atoms with Gasteiger partial charge in [-0.15, -0.1) is 0 Å². The fourth-order valence-electron chi connectivity index (χ4n) is 1.67. The minimum atomic E-state index is -3.78. The normalized spacial score (nSPS) is 23.1. The van der Waals surface area contributed by atoms with E-state index in [2.05, 4.69) is 0 Å². The third-order valence-electron chi connectivity index (χ3n) is 3.26. The maximum Gasteiger partial charge on any atom is 0.259 e. The molecule has 1 aliphatic heterocycles. The highest BCUT2D eigenvalue weighted by Gasteiger charge is 2.65. The van der Waals surface area contributed by atoms with Gasteiger partial charge >= 0.3 is 0 Å². The van der Waals surface area contributed by atoms with E-state index in [1.54, 1.807) is 6.92 Å². The highest BCUT2D eigenvalue weighted by molar-refractivity contribution is 7.94. The molecule has 0 unspecified atom stereocenters. The van der Waals surface area contributed by atoms with Gasteiger partial charge in [0.1, 0.15) is 5.54 Å². The molecule has 0 aliphatic carbocycles. The summed E-state index contributed by atoms with van der Waals surface area (Å²) in [6, 6.07) is 0. The number of hydrogen-bond acceptors (Lipinski definition) is 5.